The fourth-order valence-electron chi connectivity index (χ4n) is 1.90. The molecule has 0 bridgehead atoms. The molecule has 1 aliphatic carbocycles. The summed E-state index contributed by atoms with van der Waals surface area (Å²) in [6.45, 7) is 0.385. The third-order valence-corrected chi connectivity index (χ3v) is 3.33. The molecule has 0 amide bonds. The van der Waals surface area contributed by atoms with Crippen LogP contribution >= 0.6 is 0 Å². The molecule has 1 aromatic rings. The molecule has 1 aromatic carbocycles. The summed E-state index contributed by atoms with van der Waals surface area (Å²) in [5.41, 5.74) is -0.180. The first-order valence-electron chi connectivity index (χ1n) is 6.05. The topological polar surface area (TPSA) is 32.3 Å². The van der Waals surface area contributed by atoms with Gasteiger partial charge >= 0.3 is 6.18 Å². The Balaban J connectivity index is 1.91. The molecule has 0 aromatic heterocycles. The van der Waals surface area contributed by atoms with Gasteiger partial charge in [-0.2, -0.15) is 13.2 Å². The van der Waals surface area contributed by atoms with Crippen molar-refractivity contribution in [3.63, 3.8) is 0 Å². The van der Waals surface area contributed by atoms with Gasteiger partial charge in [-0.1, -0.05) is 18.6 Å². The lowest BCUT2D eigenvalue weighted by atomic mass is 9.93. The zero-order valence-corrected chi connectivity index (χ0v) is 9.87. The summed E-state index contributed by atoms with van der Waals surface area (Å²) in [6.07, 6.45) is -1.66. The molecule has 1 unspecified atom stereocenters. The van der Waals surface area contributed by atoms with Crippen LogP contribution in [0.15, 0.2) is 24.3 Å². The second-order valence-corrected chi connectivity index (χ2v) is 4.67. The highest BCUT2D eigenvalue weighted by Crippen LogP contribution is 2.30. The van der Waals surface area contributed by atoms with E-state index in [0.717, 1.165) is 25.0 Å². The van der Waals surface area contributed by atoms with E-state index in [0.29, 0.717) is 18.2 Å². The maximum absolute atomic E-state index is 12.4. The molecule has 1 saturated carbocycles. The van der Waals surface area contributed by atoms with Gasteiger partial charge in [0.15, 0.2) is 0 Å². The van der Waals surface area contributed by atoms with Crippen LogP contribution in [0.5, 0.6) is 0 Å². The quantitative estimate of drug-likeness (QED) is 0.871. The largest absolute Gasteiger partial charge is 0.416 e. The van der Waals surface area contributed by atoms with Crippen LogP contribution in [0.2, 0.25) is 0 Å². The van der Waals surface area contributed by atoms with Gasteiger partial charge in [-0.25, -0.2) is 0 Å². The number of benzene rings is 1. The normalized spacial score (nSPS) is 18.4. The molecule has 1 atom stereocenters. The van der Waals surface area contributed by atoms with E-state index >= 15 is 0 Å². The lowest BCUT2D eigenvalue weighted by molar-refractivity contribution is -0.137. The molecule has 100 valence electrons. The molecule has 2 nitrogen and oxygen atoms in total. The van der Waals surface area contributed by atoms with Gasteiger partial charge in [0.1, 0.15) is 0 Å². The van der Waals surface area contributed by atoms with Gasteiger partial charge < -0.3 is 10.4 Å². The third kappa shape index (κ3) is 3.23. The van der Waals surface area contributed by atoms with Crippen LogP contribution in [0.4, 0.5) is 13.2 Å². The number of hydrogen-bond donors (Lipinski definition) is 2. The van der Waals surface area contributed by atoms with E-state index in [1.165, 1.54) is 18.6 Å². The summed E-state index contributed by atoms with van der Waals surface area (Å²) in [5, 5.41) is 13.0. The van der Waals surface area contributed by atoms with Crippen molar-refractivity contribution < 1.29 is 18.3 Å². The number of halogens is 3. The summed E-state index contributed by atoms with van der Waals surface area (Å²) in [6, 6.07) is 5.12. The number of rotatable bonds is 4. The zero-order valence-electron chi connectivity index (χ0n) is 9.87. The van der Waals surface area contributed by atoms with E-state index in [1.54, 1.807) is 0 Å². The molecule has 1 fully saturated rings. The third-order valence-electron chi connectivity index (χ3n) is 3.33. The average molecular weight is 259 g/mol. The first-order chi connectivity index (χ1) is 8.47. The van der Waals surface area contributed by atoms with E-state index in [4.69, 9.17) is 0 Å². The number of aliphatic hydroxyl groups excluding tert-OH is 1. The fraction of sp³-hybridized carbons (Fsp3) is 0.538. The Morgan fingerprint density at radius 1 is 1.22 bits per heavy atom. The van der Waals surface area contributed by atoms with Gasteiger partial charge in [-0.3, -0.25) is 0 Å². The summed E-state index contributed by atoms with van der Waals surface area (Å²) in [7, 11) is 0. The second kappa shape index (κ2) is 5.28. The van der Waals surface area contributed by atoms with Crippen molar-refractivity contribution in [2.24, 2.45) is 0 Å². The predicted octanol–water partition coefficient (Wildman–Crippen LogP) is 2.88. The minimum Gasteiger partial charge on any atom is -0.387 e. The van der Waals surface area contributed by atoms with Crippen molar-refractivity contribution in [3.05, 3.63) is 35.4 Å². The minimum atomic E-state index is -4.33. The summed E-state index contributed by atoms with van der Waals surface area (Å²) >= 11 is 0. The van der Waals surface area contributed by atoms with Crippen LogP contribution in [0.3, 0.4) is 0 Å². The number of nitrogens with one attached hydrogen (secondary N) is 1. The Kier molecular flexibility index (Phi) is 3.92. The van der Waals surface area contributed by atoms with Gasteiger partial charge in [0.2, 0.25) is 0 Å². The molecule has 0 radical (unpaired) electrons. The number of aliphatic hydroxyl groups is 1. The molecule has 0 spiro atoms. The number of hydrogen-bond acceptors (Lipinski definition) is 2. The van der Waals surface area contributed by atoms with Crippen LogP contribution < -0.4 is 5.32 Å². The molecule has 0 saturated heterocycles. The smallest absolute Gasteiger partial charge is 0.387 e. The molecule has 0 aliphatic heterocycles. The van der Waals surface area contributed by atoms with E-state index in [1.807, 2.05) is 0 Å². The Morgan fingerprint density at radius 3 is 2.28 bits per heavy atom. The van der Waals surface area contributed by atoms with Crippen molar-refractivity contribution in [1.29, 1.82) is 0 Å². The Morgan fingerprint density at radius 2 is 1.83 bits per heavy atom. The maximum Gasteiger partial charge on any atom is 0.416 e. The average Bonchev–Trinajstić information content (AvgIpc) is 2.26. The molecular formula is C13H16F3NO. The molecule has 2 N–H and O–H groups in total. The standard InChI is InChI=1S/C13H16F3NO/c14-13(15,16)10-6-4-9(5-7-10)12(18)8-17-11-2-1-3-11/h4-7,11-12,17-18H,1-3,8H2. The van der Waals surface area contributed by atoms with Gasteiger partial charge in [0.25, 0.3) is 0 Å². The zero-order chi connectivity index (χ0) is 13.2. The van der Waals surface area contributed by atoms with Crippen LogP contribution in [0, 0.1) is 0 Å². The van der Waals surface area contributed by atoms with Crippen LogP contribution in [0.1, 0.15) is 36.5 Å². The van der Waals surface area contributed by atoms with Crippen molar-refractivity contribution in [1.82, 2.24) is 5.32 Å². The lowest BCUT2D eigenvalue weighted by Gasteiger charge is -2.27. The first-order valence-corrected chi connectivity index (χ1v) is 6.05. The van der Waals surface area contributed by atoms with E-state index < -0.39 is 17.8 Å². The van der Waals surface area contributed by atoms with E-state index in [-0.39, 0.29) is 0 Å². The highest BCUT2D eigenvalue weighted by atomic mass is 19.4. The molecule has 2 rings (SSSR count). The predicted molar refractivity (Wildman–Crippen MR) is 62.0 cm³/mol. The molecule has 1 aliphatic rings. The van der Waals surface area contributed by atoms with E-state index in [2.05, 4.69) is 5.32 Å². The van der Waals surface area contributed by atoms with Crippen LogP contribution in [-0.4, -0.2) is 17.7 Å². The van der Waals surface area contributed by atoms with Crippen molar-refractivity contribution >= 4 is 0 Å². The summed E-state index contributed by atoms with van der Waals surface area (Å²) in [4.78, 5) is 0. The molecule has 5 heteroatoms. The Hall–Kier alpha value is -1.07. The minimum absolute atomic E-state index is 0.385. The first kappa shape index (κ1) is 13.4. The molecule has 0 heterocycles. The highest BCUT2D eigenvalue weighted by molar-refractivity contribution is 5.26. The lowest BCUT2D eigenvalue weighted by Crippen LogP contribution is -2.37. The summed E-state index contributed by atoms with van der Waals surface area (Å²) in [5.74, 6) is 0. The highest BCUT2D eigenvalue weighted by Gasteiger charge is 2.30. The van der Waals surface area contributed by atoms with Gasteiger partial charge in [-0.05, 0) is 30.5 Å². The van der Waals surface area contributed by atoms with Gasteiger partial charge in [0, 0.05) is 12.6 Å². The second-order valence-electron chi connectivity index (χ2n) is 4.67. The van der Waals surface area contributed by atoms with Crippen LogP contribution in [-0.2, 0) is 6.18 Å². The molecular weight excluding hydrogens is 243 g/mol. The van der Waals surface area contributed by atoms with Crippen molar-refractivity contribution in [3.8, 4) is 0 Å². The number of alkyl halides is 3. The van der Waals surface area contributed by atoms with Crippen LogP contribution in [0.25, 0.3) is 0 Å². The maximum atomic E-state index is 12.4. The SMILES string of the molecule is OC(CNC1CCC1)c1ccc(C(F)(F)F)cc1. The summed E-state index contributed by atoms with van der Waals surface area (Å²) < 4.78 is 37.1. The fourth-order valence-corrected chi connectivity index (χ4v) is 1.90. The Labute approximate surface area is 104 Å². The van der Waals surface area contributed by atoms with E-state index in [9.17, 15) is 18.3 Å². The monoisotopic (exact) mass is 259 g/mol. The Bertz CT molecular complexity index is 384. The molecule has 18 heavy (non-hydrogen) atoms. The van der Waals surface area contributed by atoms with Crippen molar-refractivity contribution in [2.45, 2.75) is 37.6 Å². The van der Waals surface area contributed by atoms with Gasteiger partial charge in [0.05, 0.1) is 11.7 Å². The van der Waals surface area contributed by atoms with Gasteiger partial charge in [-0.15, -0.1) is 0 Å². The van der Waals surface area contributed by atoms with Crippen molar-refractivity contribution in [2.75, 3.05) is 6.54 Å².